The van der Waals surface area contributed by atoms with E-state index in [4.69, 9.17) is 19.6 Å². The lowest BCUT2D eigenvalue weighted by Gasteiger charge is -2.32. The van der Waals surface area contributed by atoms with Crippen LogP contribution in [0.4, 0.5) is 5.95 Å². The van der Waals surface area contributed by atoms with Gasteiger partial charge in [-0.3, -0.25) is 4.79 Å². The lowest BCUT2D eigenvalue weighted by atomic mass is 9.85. The number of aromatic nitrogens is 3. The second-order valence-corrected chi connectivity index (χ2v) is 8.76. The summed E-state index contributed by atoms with van der Waals surface area (Å²) in [6, 6.07) is 5.62. The number of rotatable bonds is 9. The Kier molecular flexibility index (Phi) is 6.85. The molecule has 0 amide bonds. The Hall–Kier alpha value is -2.48. The van der Waals surface area contributed by atoms with Crippen LogP contribution in [0.15, 0.2) is 34.6 Å². The number of ketones is 1. The van der Waals surface area contributed by atoms with Crippen LogP contribution in [0.2, 0.25) is 0 Å². The Bertz CT molecular complexity index is 985. The average molecular weight is 443 g/mol. The Labute approximate surface area is 187 Å². The minimum Gasteiger partial charge on any atom is -0.490 e. The van der Waals surface area contributed by atoms with Gasteiger partial charge in [0.25, 0.3) is 0 Å². The first-order valence-corrected chi connectivity index (χ1v) is 12.2. The van der Waals surface area contributed by atoms with E-state index in [2.05, 4.69) is 19.2 Å². The average Bonchev–Trinajstić information content (AvgIpc) is 3.18. The summed E-state index contributed by atoms with van der Waals surface area (Å²) in [5.74, 6) is 3.24. The molecule has 1 N–H and O–H groups in total. The summed E-state index contributed by atoms with van der Waals surface area (Å²) in [6.07, 6.45) is 4.24. The topological polar surface area (TPSA) is 78.3 Å². The molecule has 1 aliphatic carbocycles. The zero-order chi connectivity index (χ0) is 21.8. The molecule has 2 heterocycles. The highest BCUT2D eigenvalue weighted by atomic mass is 32.2. The summed E-state index contributed by atoms with van der Waals surface area (Å²) in [5, 5.41) is 8.88. The normalized spacial score (nSPS) is 17.8. The molecule has 0 saturated carbocycles. The summed E-state index contributed by atoms with van der Waals surface area (Å²) in [5.41, 5.74) is 2.72. The monoisotopic (exact) mass is 442 g/mol. The van der Waals surface area contributed by atoms with Gasteiger partial charge in [0.15, 0.2) is 17.3 Å². The fourth-order valence-corrected chi connectivity index (χ4v) is 4.68. The molecule has 8 heteroatoms. The third kappa shape index (κ3) is 4.44. The molecule has 0 fully saturated rings. The second-order valence-electron chi connectivity index (χ2n) is 7.70. The summed E-state index contributed by atoms with van der Waals surface area (Å²) in [7, 11) is 0. The van der Waals surface area contributed by atoms with E-state index in [1.54, 1.807) is 11.8 Å². The number of thioether (sulfide) groups is 1. The fourth-order valence-electron chi connectivity index (χ4n) is 3.99. The van der Waals surface area contributed by atoms with Crippen LogP contribution >= 0.6 is 11.8 Å². The Morgan fingerprint density at radius 1 is 1.16 bits per heavy atom. The zero-order valence-corrected chi connectivity index (χ0v) is 19.3. The fraction of sp³-hybridized carbons (Fsp3) is 0.522. The molecule has 2 aliphatic rings. The molecular weight excluding hydrogens is 412 g/mol. The van der Waals surface area contributed by atoms with Gasteiger partial charge in [0.05, 0.1) is 13.2 Å². The van der Waals surface area contributed by atoms with E-state index in [-0.39, 0.29) is 11.8 Å². The van der Waals surface area contributed by atoms with Crippen LogP contribution in [0, 0.1) is 0 Å². The molecule has 0 bridgehead atoms. The number of carbonyl (C=O) groups excluding carboxylic acids is 1. The molecule has 1 aromatic carbocycles. The van der Waals surface area contributed by atoms with Crippen molar-refractivity contribution in [1.82, 2.24) is 14.8 Å². The first-order valence-electron chi connectivity index (χ1n) is 11.2. The number of hydrogen-bond donors (Lipinski definition) is 1. The molecule has 0 saturated heterocycles. The van der Waals surface area contributed by atoms with E-state index in [1.165, 1.54) is 0 Å². The van der Waals surface area contributed by atoms with Crippen LogP contribution in [0.3, 0.4) is 0 Å². The molecular formula is C23H30N4O3S. The van der Waals surface area contributed by atoms with Crippen LogP contribution in [0.25, 0.3) is 0 Å². The predicted octanol–water partition coefficient (Wildman–Crippen LogP) is 4.99. The minimum atomic E-state index is -0.318. The number of allylic oxidation sites excluding steroid dienone is 2. The smallest absolute Gasteiger partial charge is 0.227 e. The molecule has 2 aromatic rings. The van der Waals surface area contributed by atoms with Crippen molar-refractivity contribution in [3.63, 3.8) is 0 Å². The van der Waals surface area contributed by atoms with Gasteiger partial charge in [-0.05, 0) is 50.3 Å². The molecule has 4 rings (SSSR count). The van der Waals surface area contributed by atoms with Crippen molar-refractivity contribution in [3.8, 4) is 11.5 Å². The Balaban J connectivity index is 1.79. The van der Waals surface area contributed by atoms with Crippen LogP contribution in [-0.4, -0.2) is 39.5 Å². The van der Waals surface area contributed by atoms with Crippen molar-refractivity contribution in [2.45, 2.75) is 64.1 Å². The van der Waals surface area contributed by atoms with Crippen molar-refractivity contribution in [3.05, 3.63) is 35.0 Å². The van der Waals surface area contributed by atoms with Crippen molar-refractivity contribution in [1.29, 1.82) is 0 Å². The number of fused-ring (bicyclic) bond motifs is 1. The maximum atomic E-state index is 13.0. The number of hydrogen-bond acceptors (Lipinski definition) is 7. The van der Waals surface area contributed by atoms with Crippen molar-refractivity contribution < 1.29 is 14.3 Å². The van der Waals surface area contributed by atoms with Gasteiger partial charge in [-0.1, -0.05) is 31.7 Å². The first kappa shape index (κ1) is 21.7. The number of carbonyl (C=O) groups is 1. The van der Waals surface area contributed by atoms with Crippen molar-refractivity contribution in [2.75, 3.05) is 24.3 Å². The third-order valence-electron chi connectivity index (χ3n) is 5.33. The summed E-state index contributed by atoms with van der Waals surface area (Å²) in [4.78, 5) is 17.7. The number of ether oxygens (including phenoxy) is 2. The SMILES string of the molecule is CCCOc1ccc(C2C3=C(CCCC3=O)Nc3nc(SCCC)nn32)cc1OCC. The number of nitrogens with zero attached hydrogens (tertiary/aromatic N) is 3. The molecule has 1 unspecified atom stereocenters. The number of benzene rings is 1. The summed E-state index contributed by atoms with van der Waals surface area (Å²) >= 11 is 1.64. The largest absolute Gasteiger partial charge is 0.490 e. The van der Waals surface area contributed by atoms with Gasteiger partial charge >= 0.3 is 0 Å². The Morgan fingerprint density at radius 2 is 2.03 bits per heavy atom. The highest BCUT2D eigenvalue weighted by Gasteiger charge is 2.37. The molecule has 0 radical (unpaired) electrons. The van der Waals surface area contributed by atoms with Gasteiger partial charge in [-0.15, -0.1) is 5.10 Å². The van der Waals surface area contributed by atoms with Crippen LogP contribution in [0.5, 0.6) is 11.5 Å². The third-order valence-corrected chi connectivity index (χ3v) is 6.37. The van der Waals surface area contributed by atoms with Gasteiger partial charge in [-0.2, -0.15) is 4.98 Å². The summed E-state index contributed by atoms with van der Waals surface area (Å²) in [6.45, 7) is 7.34. The van der Waals surface area contributed by atoms with E-state index in [9.17, 15) is 4.79 Å². The van der Waals surface area contributed by atoms with Gasteiger partial charge < -0.3 is 14.8 Å². The number of nitrogens with one attached hydrogen (secondary N) is 1. The minimum absolute atomic E-state index is 0.173. The number of Topliss-reactive ketones (excluding diaryl/α,β-unsaturated/α-hetero) is 1. The second kappa shape index (κ2) is 9.77. The maximum absolute atomic E-state index is 13.0. The number of anilines is 1. The Morgan fingerprint density at radius 3 is 2.81 bits per heavy atom. The van der Waals surface area contributed by atoms with Crippen LogP contribution in [-0.2, 0) is 4.79 Å². The lowest BCUT2D eigenvalue weighted by Crippen LogP contribution is -2.31. The van der Waals surface area contributed by atoms with Crippen molar-refractivity contribution in [2.24, 2.45) is 0 Å². The highest BCUT2D eigenvalue weighted by molar-refractivity contribution is 7.99. The quantitative estimate of drug-likeness (QED) is 0.548. The van der Waals surface area contributed by atoms with E-state index >= 15 is 0 Å². The van der Waals surface area contributed by atoms with E-state index in [0.717, 1.165) is 59.2 Å². The molecule has 0 spiro atoms. The van der Waals surface area contributed by atoms with Crippen molar-refractivity contribution >= 4 is 23.5 Å². The molecule has 166 valence electrons. The van der Waals surface area contributed by atoms with Crippen LogP contribution < -0.4 is 14.8 Å². The van der Waals surface area contributed by atoms with E-state index < -0.39 is 0 Å². The van der Waals surface area contributed by atoms with Gasteiger partial charge in [0, 0.05) is 23.4 Å². The van der Waals surface area contributed by atoms with Gasteiger partial charge in [0.1, 0.15) is 6.04 Å². The van der Waals surface area contributed by atoms with Gasteiger partial charge in [0.2, 0.25) is 11.1 Å². The predicted molar refractivity (Wildman–Crippen MR) is 122 cm³/mol. The molecule has 1 aliphatic heterocycles. The van der Waals surface area contributed by atoms with E-state index in [1.807, 2.05) is 29.8 Å². The molecule has 31 heavy (non-hydrogen) atoms. The molecule has 1 atom stereocenters. The first-order chi connectivity index (χ1) is 15.2. The van der Waals surface area contributed by atoms with Crippen LogP contribution in [0.1, 0.15) is 64.5 Å². The molecule has 1 aromatic heterocycles. The highest BCUT2D eigenvalue weighted by Crippen LogP contribution is 2.42. The van der Waals surface area contributed by atoms with E-state index in [0.29, 0.717) is 31.3 Å². The molecule has 7 nitrogen and oxygen atoms in total. The standard InChI is InChI=1S/C23H30N4O3S/c1-4-12-30-18-11-10-15(14-19(18)29-6-3)21-20-16(8-7-9-17(20)28)24-22-25-23(26-27(21)22)31-13-5-2/h10-11,14,21H,4-9,12-13H2,1-3H3,(H,24,25,26). The van der Waals surface area contributed by atoms with Gasteiger partial charge in [-0.25, -0.2) is 4.68 Å². The maximum Gasteiger partial charge on any atom is 0.227 e. The lowest BCUT2D eigenvalue weighted by molar-refractivity contribution is -0.116. The zero-order valence-electron chi connectivity index (χ0n) is 18.4. The summed E-state index contributed by atoms with van der Waals surface area (Å²) < 4.78 is 13.6.